The van der Waals surface area contributed by atoms with Gasteiger partial charge in [-0.25, -0.2) is 0 Å². The molecule has 0 radical (unpaired) electrons. The number of nitrogens with zero attached hydrogens (tertiary/aromatic N) is 1. The zero-order valence-corrected chi connectivity index (χ0v) is 7.55. The van der Waals surface area contributed by atoms with Crippen molar-refractivity contribution < 1.29 is 20.1 Å². The summed E-state index contributed by atoms with van der Waals surface area (Å²) >= 11 is 0. The Labute approximate surface area is 76.6 Å². The van der Waals surface area contributed by atoms with Gasteiger partial charge in [-0.3, -0.25) is 4.79 Å². The van der Waals surface area contributed by atoms with Crippen LogP contribution in [0.2, 0.25) is 0 Å². The standard InChI is InChI=1S/C8H15NO4/c1-2-3-9-4-5(10)6(11)7(12)8(9)13/h5-7,10-12H,2-4H2,1H3/t5-,6+,7-/m0/s1. The molecule has 1 saturated heterocycles. The summed E-state index contributed by atoms with van der Waals surface area (Å²) in [6.07, 6.45) is -3.10. The lowest BCUT2D eigenvalue weighted by Crippen LogP contribution is -2.58. The molecular weight excluding hydrogens is 174 g/mol. The van der Waals surface area contributed by atoms with Crippen LogP contribution in [0.4, 0.5) is 0 Å². The molecule has 1 amide bonds. The van der Waals surface area contributed by atoms with Gasteiger partial charge < -0.3 is 20.2 Å². The first-order valence-corrected chi connectivity index (χ1v) is 4.41. The second-order valence-electron chi connectivity index (χ2n) is 3.29. The summed E-state index contributed by atoms with van der Waals surface area (Å²) in [5.74, 6) is -0.500. The van der Waals surface area contributed by atoms with E-state index in [1.54, 1.807) is 0 Å². The lowest BCUT2D eigenvalue weighted by molar-refractivity contribution is -0.165. The first-order chi connectivity index (χ1) is 6.07. The van der Waals surface area contributed by atoms with Crippen LogP contribution in [-0.4, -0.2) is 57.5 Å². The summed E-state index contributed by atoms with van der Waals surface area (Å²) in [6, 6.07) is 0. The summed E-state index contributed by atoms with van der Waals surface area (Å²) < 4.78 is 0. The van der Waals surface area contributed by atoms with Crippen LogP contribution >= 0.6 is 0 Å². The average Bonchev–Trinajstić information content (AvgIpc) is 2.11. The van der Waals surface area contributed by atoms with Crippen LogP contribution < -0.4 is 0 Å². The van der Waals surface area contributed by atoms with Gasteiger partial charge in [0.1, 0.15) is 12.2 Å². The number of carbonyl (C=O) groups excluding carboxylic acids is 1. The molecule has 1 rings (SSSR count). The second kappa shape index (κ2) is 4.04. The molecule has 0 spiro atoms. The van der Waals surface area contributed by atoms with E-state index in [0.717, 1.165) is 6.42 Å². The van der Waals surface area contributed by atoms with Crippen molar-refractivity contribution >= 4 is 5.91 Å². The highest BCUT2D eigenvalue weighted by Crippen LogP contribution is 2.13. The molecule has 0 bridgehead atoms. The van der Waals surface area contributed by atoms with Crippen LogP contribution in [0.5, 0.6) is 0 Å². The summed E-state index contributed by atoms with van der Waals surface area (Å²) in [4.78, 5) is 12.6. The van der Waals surface area contributed by atoms with E-state index >= 15 is 0 Å². The van der Waals surface area contributed by atoms with Gasteiger partial charge in [-0.1, -0.05) is 6.92 Å². The predicted octanol–water partition coefficient (Wildman–Crippen LogP) is -1.68. The van der Waals surface area contributed by atoms with Crippen LogP contribution in [0.15, 0.2) is 0 Å². The molecular formula is C8H15NO4. The normalized spacial score (nSPS) is 35.2. The largest absolute Gasteiger partial charge is 0.388 e. The van der Waals surface area contributed by atoms with Gasteiger partial charge in [0.05, 0.1) is 0 Å². The summed E-state index contributed by atoms with van der Waals surface area (Å²) in [5.41, 5.74) is 0. The van der Waals surface area contributed by atoms with Crippen LogP contribution in [0.25, 0.3) is 0 Å². The number of aliphatic hydroxyl groups excluding tert-OH is 3. The fourth-order valence-corrected chi connectivity index (χ4v) is 1.44. The van der Waals surface area contributed by atoms with Crippen molar-refractivity contribution in [3.63, 3.8) is 0 Å². The molecule has 3 atom stereocenters. The average molecular weight is 189 g/mol. The lowest BCUT2D eigenvalue weighted by Gasteiger charge is -2.36. The maximum Gasteiger partial charge on any atom is 0.254 e. The number of aliphatic hydroxyl groups is 3. The van der Waals surface area contributed by atoms with Crippen LogP contribution in [0, 0.1) is 0 Å². The highest BCUT2D eigenvalue weighted by Gasteiger charge is 2.39. The van der Waals surface area contributed by atoms with E-state index in [4.69, 9.17) is 5.11 Å². The van der Waals surface area contributed by atoms with Crippen molar-refractivity contribution in [2.45, 2.75) is 31.7 Å². The molecule has 0 aromatic heterocycles. The number of carbonyl (C=O) groups is 1. The third kappa shape index (κ3) is 1.99. The maximum absolute atomic E-state index is 11.3. The Hall–Kier alpha value is -0.650. The molecule has 5 nitrogen and oxygen atoms in total. The molecule has 0 aliphatic carbocycles. The van der Waals surface area contributed by atoms with E-state index in [-0.39, 0.29) is 6.54 Å². The molecule has 0 aromatic carbocycles. The molecule has 5 heteroatoms. The molecule has 0 saturated carbocycles. The Morgan fingerprint density at radius 1 is 1.46 bits per heavy atom. The molecule has 0 unspecified atom stereocenters. The highest BCUT2D eigenvalue weighted by atomic mass is 16.4. The topological polar surface area (TPSA) is 81.0 Å². The fraction of sp³-hybridized carbons (Fsp3) is 0.875. The van der Waals surface area contributed by atoms with Gasteiger partial charge in [-0.2, -0.15) is 0 Å². The Kier molecular flexibility index (Phi) is 3.24. The minimum atomic E-state index is -1.48. The fourth-order valence-electron chi connectivity index (χ4n) is 1.44. The SMILES string of the molecule is CCCN1C[C@H](O)[C@@H](O)[C@H](O)C1=O. The number of hydrogen-bond donors (Lipinski definition) is 3. The van der Waals surface area contributed by atoms with Crippen molar-refractivity contribution in [1.29, 1.82) is 0 Å². The molecule has 13 heavy (non-hydrogen) atoms. The molecule has 1 fully saturated rings. The Morgan fingerprint density at radius 2 is 2.08 bits per heavy atom. The number of amides is 1. The Morgan fingerprint density at radius 3 is 2.62 bits per heavy atom. The summed E-state index contributed by atoms with van der Waals surface area (Å²) in [5, 5.41) is 27.6. The van der Waals surface area contributed by atoms with Crippen molar-refractivity contribution in [1.82, 2.24) is 4.90 Å². The molecule has 76 valence electrons. The van der Waals surface area contributed by atoms with Gasteiger partial charge in [0.15, 0.2) is 6.10 Å². The second-order valence-corrected chi connectivity index (χ2v) is 3.29. The van der Waals surface area contributed by atoms with Crippen molar-refractivity contribution in [3.05, 3.63) is 0 Å². The number of hydrogen-bond acceptors (Lipinski definition) is 4. The quantitative estimate of drug-likeness (QED) is 0.484. The first kappa shape index (κ1) is 10.4. The van der Waals surface area contributed by atoms with Gasteiger partial charge in [0, 0.05) is 13.1 Å². The van der Waals surface area contributed by atoms with Gasteiger partial charge in [0.2, 0.25) is 0 Å². The monoisotopic (exact) mass is 189 g/mol. The highest BCUT2D eigenvalue weighted by molar-refractivity contribution is 5.82. The number of likely N-dealkylation sites (tertiary alicyclic amines) is 1. The zero-order valence-electron chi connectivity index (χ0n) is 7.55. The Balaban J connectivity index is 2.65. The smallest absolute Gasteiger partial charge is 0.254 e. The first-order valence-electron chi connectivity index (χ1n) is 4.41. The minimum Gasteiger partial charge on any atom is -0.388 e. The number of β-amino-alcohol motifs (C(OH)–C–C–N with tert-alkyl or cyclic N) is 1. The van der Waals surface area contributed by atoms with Gasteiger partial charge >= 0.3 is 0 Å². The molecule has 0 aromatic rings. The van der Waals surface area contributed by atoms with Crippen molar-refractivity contribution in [2.24, 2.45) is 0 Å². The van der Waals surface area contributed by atoms with Gasteiger partial charge in [-0.15, -0.1) is 0 Å². The zero-order chi connectivity index (χ0) is 10.0. The lowest BCUT2D eigenvalue weighted by atomic mass is 10.0. The minimum absolute atomic E-state index is 0.102. The molecule has 1 aliphatic rings. The summed E-state index contributed by atoms with van der Waals surface area (Å²) in [6.45, 7) is 2.50. The molecule has 3 N–H and O–H groups in total. The van der Waals surface area contributed by atoms with Crippen molar-refractivity contribution in [2.75, 3.05) is 13.1 Å². The number of piperidine rings is 1. The summed E-state index contributed by atoms with van der Waals surface area (Å²) in [7, 11) is 0. The third-order valence-corrected chi connectivity index (χ3v) is 2.18. The van der Waals surface area contributed by atoms with E-state index < -0.39 is 24.2 Å². The molecule has 1 heterocycles. The van der Waals surface area contributed by atoms with E-state index in [0.29, 0.717) is 6.54 Å². The van der Waals surface area contributed by atoms with E-state index in [2.05, 4.69) is 0 Å². The van der Waals surface area contributed by atoms with Gasteiger partial charge in [0.25, 0.3) is 5.91 Å². The number of rotatable bonds is 2. The van der Waals surface area contributed by atoms with Gasteiger partial charge in [-0.05, 0) is 6.42 Å². The van der Waals surface area contributed by atoms with Crippen LogP contribution in [-0.2, 0) is 4.79 Å². The maximum atomic E-state index is 11.3. The molecule has 1 aliphatic heterocycles. The van der Waals surface area contributed by atoms with E-state index in [1.807, 2.05) is 6.92 Å². The van der Waals surface area contributed by atoms with Crippen molar-refractivity contribution in [3.8, 4) is 0 Å². The third-order valence-electron chi connectivity index (χ3n) is 2.18. The van der Waals surface area contributed by atoms with E-state index in [9.17, 15) is 15.0 Å². The Bertz CT molecular complexity index is 197. The van der Waals surface area contributed by atoms with Crippen LogP contribution in [0.3, 0.4) is 0 Å². The van der Waals surface area contributed by atoms with Crippen LogP contribution in [0.1, 0.15) is 13.3 Å². The van der Waals surface area contributed by atoms with E-state index in [1.165, 1.54) is 4.90 Å². The predicted molar refractivity (Wildman–Crippen MR) is 44.9 cm³/mol.